The van der Waals surface area contributed by atoms with E-state index in [1.54, 1.807) is 24.3 Å². The zero-order valence-corrected chi connectivity index (χ0v) is 14.3. The Morgan fingerprint density at radius 1 is 1.35 bits per heavy atom. The van der Waals surface area contributed by atoms with Crippen LogP contribution < -0.4 is 5.32 Å². The van der Waals surface area contributed by atoms with Gasteiger partial charge in [0.25, 0.3) is 5.91 Å². The Morgan fingerprint density at radius 3 is 2.61 bits per heavy atom. The normalized spacial score (nSPS) is 29.3. The minimum Gasteiger partial charge on any atom is -0.380 e. The number of carbonyl (C=O) groups excluding carboxylic acids is 1. The van der Waals surface area contributed by atoms with E-state index in [1.807, 2.05) is 19.9 Å². The monoisotopic (exact) mass is 321 g/mol. The minimum atomic E-state index is -1.39. The molecule has 2 rings (SSSR count). The van der Waals surface area contributed by atoms with Crippen LogP contribution in [0.3, 0.4) is 0 Å². The second-order valence-corrected chi connectivity index (χ2v) is 7.25. The molecule has 0 heterocycles. The van der Waals surface area contributed by atoms with Crippen LogP contribution in [0.25, 0.3) is 0 Å². The molecule has 1 aliphatic rings. The van der Waals surface area contributed by atoms with Gasteiger partial charge in [-0.2, -0.15) is 0 Å². The van der Waals surface area contributed by atoms with Crippen molar-refractivity contribution in [2.45, 2.75) is 51.8 Å². The average Bonchev–Trinajstić information content (AvgIpc) is 2.52. The van der Waals surface area contributed by atoms with Crippen molar-refractivity contribution in [2.24, 2.45) is 17.8 Å². The molecular weight excluding hydrogens is 293 g/mol. The molecule has 1 aromatic carbocycles. The maximum atomic E-state index is 14.2. The van der Waals surface area contributed by atoms with Gasteiger partial charge in [-0.1, -0.05) is 57.5 Å². The molecule has 4 atom stereocenters. The van der Waals surface area contributed by atoms with Crippen molar-refractivity contribution in [1.82, 2.24) is 5.32 Å². The number of nitrogens with one attached hydrogen (secondary N) is 1. The SMILES string of the molecule is CC(C)[C@@H]1CC[C@@H](C)C[C@@]1(O)C(=O)NC[C@H](F)c1ccccc1. The van der Waals surface area contributed by atoms with Crippen LogP contribution in [0, 0.1) is 17.8 Å². The fourth-order valence-corrected chi connectivity index (χ4v) is 3.75. The number of aliphatic hydroxyl groups is 1. The number of alkyl halides is 1. The summed E-state index contributed by atoms with van der Waals surface area (Å²) < 4.78 is 14.2. The number of hydrogen-bond acceptors (Lipinski definition) is 2. The molecule has 0 saturated heterocycles. The van der Waals surface area contributed by atoms with Crippen LogP contribution >= 0.6 is 0 Å². The Hall–Kier alpha value is -1.42. The number of carbonyl (C=O) groups is 1. The van der Waals surface area contributed by atoms with Crippen molar-refractivity contribution in [1.29, 1.82) is 0 Å². The first-order valence-corrected chi connectivity index (χ1v) is 8.54. The van der Waals surface area contributed by atoms with Crippen LogP contribution in [0.1, 0.15) is 51.8 Å². The maximum absolute atomic E-state index is 14.2. The second kappa shape index (κ2) is 7.43. The second-order valence-electron chi connectivity index (χ2n) is 7.25. The molecule has 1 fully saturated rings. The third-order valence-corrected chi connectivity index (χ3v) is 5.04. The zero-order chi connectivity index (χ0) is 17.0. The van der Waals surface area contributed by atoms with Gasteiger partial charge in [-0.25, -0.2) is 4.39 Å². The van der Waals surface area contributed by atoms with Gasteiger partial charge >= 0.3 is 0 Å². The first kappa shape index (κ1) is 17.9. The molecule has 23 heavy (non-hydrogen) atoms. The largest absolute Gasteiger partial charge is 0.380 e. The summed E-state index contributed by atoms with van der Waals surface area (Å²) in [6, 6.07) is 8.77. The van der Waals surface area contributed by atoms with E-state index < -0.39 is 17.7 Å². The summed E-state index contributed by atoms with van der Waals surface area (Å²) in [5.74, 6) is 0.0133. The molecule has 0 aliphatic heterocycles. The Labute approximate surface area is 138 Å². The van der Waals surface area contributed by atoms with Crippen molar-refractivity contribution >= 4 is 5.91 Å². The van der Waals surface area contributed by atoms with Crippen molar-refractivity contribution in [3.05, 3.63) is 35.9 Å². The molecule has 3 nitrogen and oxygen atoms in total. The molecule has 0 spiro atoms. The molecule has 0 radical (unpaired) electrons. The zero-order valence-electron chi connectivity index (χ0n) is 14.3. The molecule has 0 bridgehead atoms. The van der Waals surface area contributed by atoms with E-state index in [2.05, 4.69) is 12.2 Å². The number of benzene rings is 1. The number of hydrogen-bond donors (Lipinski definition) is 2. The van der Waals surface area contributed by atoms with E-state index in [0.29, 0.717) is 17.9 Å². The molecule has 4 heteroatoms. The van der Waals surface area contributed by atoms with Crippen molar-refractivity contribution in [3.63, 3.8) is 0 Å². The summed E-state index contributed by atoms with van der Waals surface area (Å²) in [5, 5.41) is 13.6. The highest BCUT2D eigenvalue weighted by Crippen LogP contribution is 2.41. The smallest absolute Gasteiger partial charge is 0.252 e. The number of amides is 1. The summed E-state index contributed by atoms with van der Waals surface area (Å²) in [5.41, 5.74) is -0.848. The standard InChI is InChI=1S/C19H28FNO2/c1-13(2)16-10-9-14(3)11-19(16,23)18(22)21-12-17(20)15-7-5-4-6-8-15/h4-8,13-14,16-17,23H,9-12H2,1-3H3,(H,21,22)/t14-,16+,17+,19+/m1/s1. The topological polar surface area (TPSA) is 49.3 Å². The third kappa shape index (κ3) is 4.11. The molecule has 1 saturated carbocycles. The molecule has 2 N–H and O–H groups in total. The lowest BCUT2D eigenvalue weighted by Crippen LogP contribution is -2.56. The quantitative estimate of drug-likeness (QED) is 0.870. The van der Waals surface area contributed by atoms with E-state index in [-0.39, 0.29) is 18.4 Å². The highest BCUT2D eigenvalue weighted by atomic mass is 19.1. The third-order valence-electron chi connectivity index (χ3n) is 5.04. The predicted molar refractivity (Wildman–Crippen MR) is 89.6 cm³/mol. The lowest BCUT2D eigenvalue weighted by molar-refractivity contribution is -0.156. The highest BCUT2D eigenvalue weighted by molar-refractivity contribution is 5.85. The van der Waals surface area contributed by atoms with E-state index in [1.165, 1.54) is 0 Å². The van der Waals surface area contributed by atoms with Gasteiger partial charge in [0, 0.05) is 0 Å². The average molecular weight is 321 g/mol. The summed E-state index contributed by atoms with van der Waals surface area (Å²) in [6.07, 6.45) is 1.04. The van der Waals surface area contributed by atoms with Crippen LogP contribution in [0.2, 0.25) is 0 Å². The summed E-state index contributed by atoms with van der Waals surface area (Å²) >= 11 is 0. The van der Waals surface area contributed by atoms with Gasteiger partial charge in [0.1, 0.15) is 11.8 Å². The van der Waals surface area contributed by atoms with Crippen LogP contribution in [-0.4, -0.2) is 23.2 Å². The fourth-order valence-electron chi connectivity index (χ4n) is 3.75. The van der Waals surface area contributed by atoms with Crippen LogP contribution in [0.5, 0.6) is 0 Å². The Morgan fingerprint density at radius 2 is 2.00 bits per heavy atom. The first-order valence-electron chi connectivity index (χ1n) is 8.54. The van der Waals surface area contributed by atoms with Crippen LogP contribution in [-0.2, 0) is 4.79 Å². The van der Waals surface area contributed by atoms with Gasteiger partial charge in [0.15, 0.2) is 0 Å². The molecule has 0 aromatic heterocycles. The van der Waals surface area contributed by atoms with E-state index in [4.69, 9.17) is 0 Å². The molecule has 0 unspecified atom stereocenters. The van der Waals surface area contributed by atoms with Gasteiger partial charge in [-0.3, -0.25) is 4.79 Å². The Kier molecular flexibility index (Phi) is 5.79. The molecule has 1 amide bonds. The molecule has 1 aliphatic carbocycles. The maximum Gasteiger partial charge on any atom is 0.252 e. The van der Waals surface area contributed by atoms with Crippen LogP contribution in [0.15, 0.2) is 30.3 Å². The molecule has 1 aromatic rings. The van der Waals surface area contributed by atoms with Gasteiger partial charge in [0.05, 0.1) is 6.54 Å². The van der Waals surface area contributed by atoms with E-state index in [9.17, 15) is 14.3 Å². The van der Waals surface area contributed by atoms with Gasteiger partial charge in [-0.15, -0.1) is 0 Å². The molecule has 128 valence electrons. The van der Waals surface area contributed by atoms with E-state index in [0.717, 1.165) is 12.8 Å². The Balaban J connectivity index is 2.02. The van der Waals surface area contributed by atoms with Crippen molar-refractivity contribution < 1.29 is 14.3 Å². The molecular formula is C19H28FNO2. The van der Waals surface area contributed by atoms with Gasteiger partial charge in [-0.05, 0) is 36.2 Å². The summed E-state index contributed by atoms with van der Waals surface area (Å²) in [6.45, 7) is 6.00. The number of halogens is 1. The lowest BCUT2D eigenvalue weighted by Gasteiger charge is -2.43. The summed E-state index contributed by atoms with van der Waals surface area (Å²) in [7, 11) is 0. The van der Waals surface area contributed by atoms with Gasteiger partial charge < -0.3 is 10.4 Å². The fraction of sp³-hybridized carbons (Fsp3) is 0.632. The number of rotatable bonds is 5. The Bertz CT molecular complexity index is 519. The van der Waals surface area contributed by atoms with Crippen molar-refractivity contribution in [2.75, 3.05) is 6.54 Å². The lowest BCUT2D eigenvalue weighted by atomic mass is 9.66. The highest BCUT2D eigenvalue weighted by Gasteiger charge is 2.48. The van der Waals surface area contributed by atoms with Crippen molar-refractivity contribution in [3.8, 4) is 0 Å². The first-order chi connectivity index (χ1) is 10.8. The summed E-state index contributed by atoms with van der Waals surface area (Å²) in [4.78, 5) is 12.6. The predicted octanol–water partition coefficient (Wildman–Crippen LogP) is 3.64. The van der Waals surface area contributed by atoms with E-state index >= 15 is 0 Å². The van der Waals surface area contributed by atoms with Crippen LogP contribution in [0.4, 0.5) is 4.39 Å². The minimum absolute atomic E-state index is 0.0755. The van der Waals surface area contributed by atoms with Gasteiger partial charge in [0.2, 0.25) is 0 Å².